The van der Waals surface area contributed by atoms with Crippen molar-refractivity contribution in [2.75, 3.05) is 0 Å². The zero-order chi connectivity index (χ0) is 12.9. The summed E-state index contributed by atoms with van der Waals surface area (Å²) in [6, 6.07) is 0. The molecule has 0 amide bonds. The van der Waals surface area contributed by atoms with E-state index in [1.165, 1.54) is 19.3 Å². The molecule has 0 heteroatoms. The molecule has 0 aromatic carbocycles. The highest BCUT2D eigenvalue weighted by Gasteiger charge is 1.85. The lowest BCUT2D eigenvalue weighted by atomic mass is 10.1. The summed E-state index contributed by atoms with van der Waals surface area (Å²) in [5, 5.41) is 0. The van der Waals surface area contributed by atoms with Gasteiger partial charge in [-0.15, -0.1) is 0 Å². The van der Waals surface area contributed by atoms with Crippen molar-refractivity contribution in [3.8, 4) is 0 Å². The largest absolute Gasteiger partial charge is 0.0776 e. The first-order valence-electron chi connectivity index (χ1n) is 6.77. The third-order valence-electron chi connectivity index (χ3n) is 1.68. The molecule has 0 spiro atoms. The molecule has 0 aromatic heterocycles. The van der Waals surface area contributed by atoms with Crippen molar-refractivity contribution in [2.45, 2.75) is 89.0 Å². The van der Waals surface area contributed by atoms with Gasteiger partial charge in [0.25, 0.3) is 0 Å². The Morgan fingerprint density at radius 1 is 0.688 bits per heavy atom. The van der Waals surface area contributed by atoms with Crippen molar-refractivity contribution >= 4 is 0 Å². The maximum atomic E-state index is 2.25. The molecule has 0 saturated carbocycles. The second-order valence-electron chi connectivity index (χ2n) is 5.72. The minimum Gasteiger partial charge on any atom is -0.0776 e. The van der Waals surface area contributed by atoms with Crippen LogP contribution in [-0.4, -0.2) is 0 Å². The predicted molar refractivity (Wildman–Crippen MR) is 82.1 cm³/mol. The van der Waals surface area contributed by atoms with E-state index in [2.05, 4.69) is 62.3 Å². The van der Waals surface area contributed by atoms with Crippen molar-refractivity contribution in [1.82, 2.24) is 0 Å². The topological polar surface area (TPSA) is 0 Å². The van der Waals surface area contributed by atoms with E-state index in [0.29, 0.717) is 0 Å². The Morgan fingerprint density at radius 2 is 0.938 bits per heavy atom. The van der Waals surface area contributed by atoms with Crippen molar-refractivity contribution in [3.63, 3.8) is 0 Å². The van der Waals surface area contributed by atoms with Gasteiger partial charge < -0.3 is 0 Å². The van der Waals surface area contributed by atoms with Gasteiger partial charge in [0, 0.05) is 0 Å². The summed E-state index contributed by atoms with van der Waals surface area (Å²) in [7, 11) is 0. The Kier molecular flexibility index (Phi) is 31.9. The van der Waals surface area contributed by atoms with Crippen LogP contribution in [0.2, 0.25) is 0 Å². The van der Waals surface area contributed by atoms with E-state index in [4.69, 9.17) is 0 Å². The molecule has 104 valence electrons. The Balaban J connectivity index is -0.0000000668. The van der Waals surface area contributed by atoms with Gasteiger partial charge >= 0.3 is 0 Å². The fourth-order valence-electron chi connectivity index (χ4n) is 0.577. The molecule has 0 atom stereocenters. The van der Waals surface area contributed by atoms with Crippen molar-refractivity contribution < 1.29 is 0 Å². The van der Waals surface area contributed by atoms with E-state index < -0.39 is 0 Å². The molecule has 0 aliphatic heterocycles. The first-order chi connectivity index (χ1) is 6.77. The zero-order valence-corrected chi connectivity index (χ0v) is 12.9. The maximum Gasteiger partial charge on any atom is -0.0471 e. The normalized spacial score (nSPS) is 9.00. The molecule has 0 aliphatic rings. The summed E-state index contributed by atoms with van der Waals surface area (Å²) in [4.78, 5) is 0. The van der Waals surface area contributed by atoms with Crippen LogP contribution in [0.25, 0.3) is 0 Å². The van der Waals surface area contributed by atoms with Gasteiger partial charge in [-0.3, -0.25) is 0 Å². The number of hydrogen-bond donors (Lipinski definition) is 0. The average molecular weight is 232 g/mol. The molecule has 0 aromatic rings. The van der Waals surface area contributed by atoms with Gasteiger partial charge in [-0.2, -0.15) is 0 Å². The molecule has 0 radical (unpaired) electrons. The van der Waals surface area contributed by atoms with Crippen LogP contribution in [0.15, 0.2) is 0 Å². The zero-order valence-electron chi connectivity index (χ0n) is 12.9. The van der Waals surface area contributed by atoms with Crippen LogP contribution < -0.4 is 0 Å². The van der Waals surface area contributed by atoms with Crippen LogP contribution in [0.1, 0.15) is 89.0 Å². The van der Waals surface area contributed by atoms with Gasteiger partial charge in [-0.25, -0.2) is 0 Å². The lowest BCUT2D eigenvalue weighted by Gasteiger charge is -1.95. The van der Waals surface area contributed by atoms with Gasteiger partial charge in [0.15, 0.2) is 0 Å². The van der Waals surface area contributed by atoms with E-state index in [-0.39, 0.29) is 7.43 Å². The Hall–Kier alpha value is 0. The van der Waals surface area contributed by atoms with Crippen LogP contribution in [-0.2, 0) is 0 Å². The molecule has 0 saturated heterocycles. The van der Waals surface area contributed by atoms with Gasteiger partial charge in [0.05, 0.1) is 0 Å². The molecule has 0 nitrogen and oxygen atoms in total. The molecule has 0 fully saturated rings. The van der Waals surface area contributed by atoms with Crippen LogP contribution in [0.3, 0.4) is 0 Å². The van der Waals surface area contributed by atoms with Gasteiger partial charge in [0.1, 0.15) is 0 Å². The standard InChI is InChI=1S/C6H14.C5H12.C4H10.CH4/c1-4-5-6(2)3;1-4-5(2)3;1-4(2)3;/h6H,4-5H2,1-3H3;5H,4H2,1-3H3;4H,1-3H3;1H4. The van der Waals surface area contributed by atoms with Gasteiger partial charge in [-0.1, -0.05) is 89.0 Å². The monoisotopic (exact) mass is 232 g/mol. The molecule has 0 heterocycles. The first-order valence-corrected chi connectivity index (χ1v) is 6.77. The summed E-state index contributed by atoms with van der Waals surface area (Å²) in [5.41, 5.74) is 0. The van der Waals surface area contributed by atoms with Gasteiger partial charge in [-0.05, 0) is 17.8 Å². The number of hydrogen-bond acceptors (Lipinski definition) is 0. The van der Waals surface area contributed by atoms with Crippen LogP contribution in [0.5, 0.6) is 0 Å². The first kappa shape index (κ1) is 25.0. The molecule has 0 rings (SSSR count). The van der Waals surface area contributed by atoms with Crippen molar-refractivity contribution in [2.24, 2.45) is 17.8 Å². The third-order valence-corrected chi connectivity index (χ3v) is 1.68. The fourth-order valence-corrected chi connectivity index (χ4v) is 0.577. The fraction of sp³-hybridized carbons (Fsp3) is 1.00. The Morgan fingerprint density at radius 3 is 0.938 bits per heavy atom. The summed E-state index contributed by atoms with van der Waals surface area (Å²) in [6.45, 7) is 19.9. The molecule has 0 aliphatic carbocycles. The Labute approximate surface area is 107 Å². The summed E-state index contributed by atoms with van der Waals surface area (Å²) >= 11 is 0. The summed E-state index contributed by atoms with van der Waals surface area (Å²) < 4.78 is 0. The second-order valence-corrected chi connectivity index (χ2v) is 5.72. The minimum absolute atomic E-state index is 0. The number of rotatable bonds is 3. The third kappa shape index (κ3) is 94.6. The van der Waals surface area contributed by atoms with E-state index in [1.54, 1.807) is 0 Å². The molecular formula is C16H40. The SMILES string of the molecule is C.CC(C)C.CCC(C)C.CCCC(C)C. The molecular weight excluding hydrogens is 192 g/mol. The van der Waals surface area contributed by atoms with Crippen molar-refractivity contribution in [1.29, 1.82) is 0 Å². The highest BCUT2D eigenvalue weighted by atomic mass is 13.9. The van der Waals surface area contributed by atoms with Crippen LogP contribution in [0, 0.1) is 17.8 Å². The smallest absolute Gasteiger partial charge is 0.0471 e. The lowest BCUT2D eigenvalue weighted by molar-refractivity contribution is 0.576. The van der Waals surface area contributed by atoms with Crippen LogP contribution >= 0.6 is 0 Å². The minimum atomic E-state index is 0. The maximum absolute atomic E-state index is 2.25. The second kappa shape index (κ2) is 20.4. The highest BCUT2D eigenvalue weighted by Crippen LogP contribution is 2.00. The molecule has 0 N–H and O–H groups in total. The van der Waals surface area contributed by atoms with Crippen molar-refractivity contribution in [3.05, 3.63) is 0 Å². The van der Waals surface area contributed by atoms with E-state index in [0.717, 1.165) is 17.8 Å². The van der Waals surface area contributed by atoms with E-state index >= 15 is 0 Å². The summed E-state index contributed by atoms with van der Waals surface area (Å²) in [5.74, 6) is 2.62. The van der Waals surface area contributed by atoms with Crippen LogP contribution in [0.4, 0.5) is 0 Å². The van der Waals surface area contributed by atoms with E-state index in [1.807, 2.05) is 0 Å². The summed E-state index contributed by atoms with van der Waals surface area (Å²) in [6.07, 6.45) is 4.01. The molecule has 0 unspecified atom stereocenters. The van der Waals surface area contributed by atoms with Gasteiger partial charge in [0.2, 0.25) is 0 Å². The predicted octanol–water partition coefficient (Wildman–Crippen LogP) is 6.79. The highest BCUT2D eigenvalue weighted by molar-refractivity contribution is 4.38. The Bertz CT molecular complexity index is 77.3. The van der Waals surface area contributed by atoms with E-state index in [9.17, 15) is 0 Å². The lowest BCUT2D eigenvalue weighted by Crippen LogP contribution is -1.81. The molecule has 16 heavy (non-hydrogen) atoms. The quantitative estimate of drug-likeness (QED) is 0.502. The molecule has 0 bridgehead atoms. The average Bonchev–Trinajstić information content (AvgIpc) is 2.03.